The summed E-state index contributed by atoms with van der Waals surface area (Å²) < 4.78 is 79.0. The van der Waals surface area contributed by atoms with Gasteiger partial charge in [0.25, 0.3) is 0 Å². The molecular formula is C33H37F6NO. The molecule has 0 aliphatic carbocycles. The van der Waals surface area contributed by atoms with Crippen molar-refractivity contribution in [1.82, 2.24) is 0 Å². The molecule has 1 unspecified atom stereocenters. The average molecular weight is 578 g/mol. The van der Waals surface area contributed by atoms with E-state index in [1.165, 1.54) is 31.2 Å². The van der Waals surface area contributed by atoms with Crippen molar-refractivity contribution < 1.29 is 31.1 Å². The minimum absolute atomic E-state index is 0.00862. The zero-order chi connectivity index (χ0) is 30.5. The van der Waals surface area contributed by atoms with Crippen molar-refractivity contribution in [2.24, 2.45) is 11.8 Å². The number of benzene rings is 3. The van der Waals surface area contributed by atoms with Crippen LogP contribution in [0.5, 0.6) is 0 Å². The van der Waals surface area contributed by atoms with E-state index in [9.17, 15) is 31.1 Å². The molecule has 0 bridgehead atoms. The van der Waals surface area contributed by atoms with Crippen molar-refractivity contribution >= 4 is 11.5 Å². The second-order valence-electron chi connectivity index (χ2n) is 11.5. The van der Waals surface area contributed by atoms with Gasteiger partial charge < -0.3 is 4.90 Å². The van der Waals surface area contributed by atoms with Crippen LogP contribution in [0.2, 0.25) is 0 Å². The fourth-order valence-corrected chi connectivity index (χ4v) is 4.78. The smallest absolute Gasteiger partial charge is 0.367 e. The van der Waals surface area contributed by atoms with E-state index in [0.717, 1.165) is 41.9 Å². The lowest BCUT2D eigenvalue weighted by Crippen LogP contribution is -2.25. The van der Waals surface area contributed by atoms with E-state index in [4.69, 9.17) is 0 Å². The first-order valence-corrected chi connectivity index (χ1v) is 13.8. The number of alkyl halides is 6. The highest BCUT2D eigenvalue weighted by Crippen LogP contribution is 2.36. The third-order valence-corrected chi connectivity index (χ3v) is 7.08. The van der Waals surface area contributed by atoms with Crippen LogP contribution in [0.15, 0.2) is 66.7 Å². The molecule has 0 aliphatic rings. The molecule has 0 aromatic heterocycles. The van der Waals surface area contributed by atoms with Crippen LogP contribution in [0.1, 0.15) is 75.6 Å². The molecule has 41 heavy (non-hydrogen) atoms. The molecular weight excluding hydrogens is 540 g/mol. The average Bonchev–Trinajstić information content (AvgIpc) is 2.88. The number of halogens is 6. The van der Waals surface area contributed by atoms with Crippen LogP contribution in [-0.4, -0.2) is 12.3 Å². The lowest BCUT2D eigenvalue weighted by atomic mass is 9.85. The molecule has 0 saturated carbocycles. The summed E-state index contributed by atoms with van der Waals surface area (Å²) in [6.07, 6.45) is -7.48. The predicted molar refractivity (Wildman–Crippen MR) is 152 cm³/mol. The molecule has 3 rings (SSSR count). The maximum absolute atomic E-state index is 13.2. The summed E-state index contributed by atoms with van der Waals surface area (Å²) in [6, 6.07) is 15.6. The fourth-order valence-electron chi connectivity index (χ4n) is 4.78. The summed E-state index contributed by atoms with van der Waals surface area (Å²) in [5.41, 5.74) is 1.98. The van der Waals surface area contributed by atoms with E-state index in [1.807, 2.05) is 32.0 Å². The second kappa shape index (κ2) is 13.1. The van der Waals surface area contributed by atoms with Crippen LogP contribution in [0.25, 0.3) is 11.1 Å². The van der Waals surface area contributed by atoms with E-state index in [-0.39, 0.29) is 11.7 Å². The summed E-state index contributed by atoms with van der Waals surface area (Å²) in [5.74, 6) is 0.173. The first kappa shape index (κ1) is 32.2. The summed E-state index contributed by atoms with van der Waals surface area (Å²) in [7, 11) is 0. The highest BCUT2D eigenvalue weighted by atomic mass is 19.4. The Bertz CT molecular complexity index is 1290. The monoisotopic (exact) mass is 577 g/mol. The Morgan fingerprint density at radius 1 is 0.732 bits per heavy atom. The van der Waals surface area contributed by atoms with E-state index in [0.29, 0.717) is 42.1 Å². The number of hydrogen-bond acceptors (Lipinski definition) is 2. The topological polar surface area (TPSA) is 20.3 Å². The van der Waals surface area contributed by atoms with E-state index >= 15 is 0 Å². The van der Waals surface area contributed by atoms with E-state index < -0.39 is 29.4 Å². The van der Waals surface area contributed by atoms with Crippen molar-refractivity contribution in [3.63, 3.8) is 0 Å². The number of ketones is 1. The summed E-state index contributed by atoms with van der Waals surface area (Å²) in [5, 5.41) is 0. The van der Waals surface area contributed by atoms with Gasteiger partial charge in [0, 0.05) is 24.7 Å². The minimum atomic E-state index is -4.46. The molecule has 3 aromatic rings. The molecule has 2 nitrogen and oxygen atoms in total. The summed E-state index contributed by atoms with van der Waals surface area (Å²) >= 11 is 0. The molecule has 0 amide bonds. The third-order valence-electron chi connectivity index (χ3n) is 7.08. The number of nitrogens with zero attached hydrogens (tertiary/aromatic N) is 1. The Labute approximate surface area is 238 Å². The van der Waals surface area contributed by atoms with E-state index in [2.05, 4.69) is 18.7 Å². The summed E-state index contributed by atoms with van der Waals surface area (Å²) in [4.78, 5) is 14.8. The van der Waals surface area contributed by atoms with Gasteiger partial charge >= 0.3 is 12.4 Å². The number of anilines is 1. The van der Waals surface area contributed by atoms with Crippen LogP contribution in [0, 0.1) is 11.8 Å². The highest BCUT2D eigenvalue weighted by Gasteiger charge is 2.31. The maximum atomic E-state index is 13.2. The number of carbonyl (C=O) groups is 1. The molecule has 222 valence electrons. The van der Waals surface area contributed by atoms with Crippen LogP contribution in [0.3, 0.4) is 0 Å². The highest BCUT2D eigenvalue weighted by molar-refractivity contribution is 5.85. The van der Waals surface area contributed by atoms with Crippen LogP contribution < -0.4 is 4.90 Å². The van der Waals surface area contributed by atoms with Gasteiger partial charge in [0.2, 0.25) is 0 Å². The quantitative estimate of drug-likeness (QED) is 0.211. The number of Topliss-reactive ketones (excluding diaryl/α,β-unsaturated/α-hetero) is 1. The SMILES string of the molecule is CC(=O)C(CC(C)C)c1cc(-c2ccc(C(F)(F)F)cc2)cc(N(CCC(C)C)Cc2ccc(C(F)(F)F)cc2)c1. The second-order valence-corrected chi connectivity index (χ2v) is 11.5. The van der Waals surface area contributed by atoms with Gasteiger partial charge in [0.15, 0.2) is 0 Å². The zero-order valence-corrected chi connectivity index (χ0v) is 24.0. The molecule has 3 aromatic carbocycles. The molecule has 0 spiro atoms. The Morgan fingerprint density at radius 3 is 1.73 bits per heavy atom. The lowest BCUT2D eigenvalue weighted by Gasteiger charge is -2.28. The molecule has 0 aliphatic heterocycles. The number of hydrogen-bond donors (Lipinski definition) is 0. The van der Waals surface area contributed by atoms with Gasteiger partial charge in [0.05, 0.1) is 11.1 Å². The minimum Gasteiger partial charge on any atom is -0.367 e. The first-order chi connectivity index (χ1) is 19.0. The molecule has 0 heterocycles. The Hall–Kier alpha value is -3.29. The van der Waals surface area contributed by atoms with Crippen molar-refractivity contribution in [1.29, 1.82) is 0 Å². The summed E-state index contributed by atoms with van der Waals surface area (Å²) in [6.45, 7) is 10.7. The molecule has 0 saturated heterocycles. The Balaban J connectivity index is 2.13. The van der Waals surface area contributed by atoms with Gasteiger partial charge in [0.1, 0.15) is 5.78 Å². The van der Waals surface area contributed by atoms with E-state index in [1.54, 1.807) is 0 Å². The van der Waals surface area contributed by atoms with Gasteiger partial charge in [-0.3, -0.25) is 4.79 Å². The van der Waals surface area contributed by atoms with Gasteiger partial charge in [-0.2, -0.15) is 26.3 Å². The molecule has 0 radical (unpaired) electrons. The van der Waals surface area contributed by atoms with Crippen molar-refractivity contribution in [3.8, 4) is 11.1 Å². The lowest BCUT2D eigenvalue weighted by molar-refractivity contribution is -0.138. The van der Waals surface area contributed by atoms with Gasteiger partial charge in [-0.1, -0.05) is 58.0 Å². The van der Waals surface area contributed by atoms with Gasteiger partial charge in [-0.15, -0.1) is 0 Å². The molecule has 0 N–H and O–H groups in total. The van der Waals surface area contributed by atoms with Gasteiger partial charge in [-0.25, -0.2) is 0 Å². The molecule has 0 fully saturated rings. The fraction of sp³-hybridized carbons (Fsp3) is 0.424. The van der Waals surface area contributed by atoms with Crippen molar-refractivity contribution in [2.75, 3.05) is 11.4 Å². The number of rotatable bonds is 11. The standard InChI is InChI=1S/C33H37F6NO/c1-21(2)14-15-40(20-24-6-10-28(11-7-24)32(34,35)36)30-18-26(25-8-12-29(13-9-25)33(37,38)39)17-27(19-30)31(23(5)41)16-22(3)4/h6-13,17-19,21-22,31H,14-16,20H2,1-5H3. The largest absolute Gasteiger partial charge is 0.416 e. The van der Waals surface area contributed by atoms with Crippen molar-refractivity contribution in [2.45, 2.75) is 72.3 Å². The Kier molecular flexibility index (Phi) is 10.3. The van der Waals surface area contributed by atoms with Crippen LogP contribution in [0.4, 0.5) is 32.0 Å². The van der Waals surface area contributed by atoms with Crippen LogP contribution >= 0.6 is 0 Å². The third kappa shape index (κ3) is 9.10. The molecule has 1 atom stereocenters. The van der Waals surface area contributed by atoms with Crippen LogP contribution in [-0.2, 0) is 23.7 Å². The van der Waals surface area contributed by atoms with Crippen molar-refractivity contribution in [3.05, 3.63) is 89.0 Å². The zero-order valence-electron chi connectivity index (χ0n) is 24.0. The molecule has 8 heteroatoms. The van der Waals surface area contributed by atoms with Gasteiger partial charge in [-0.05, 0) is 90.3 Å². The Morgan fingerprint density at radius 2 is 1.27 bits per heavy atom. The predicted octanol–water partition coefficient (Wildman–Crippen LogP) is 10.2. The first-order valence-electron chi connectivity index (χ1n) is 13.8. The normalized spacial score (nSPS) is 13.1. The number of carbonyl (C=O) groups excluding carboxylic acids is 1. The maximum Gasteiger partial charge on any atom is 0.416 e.